The van der Waals surface area contributed by atoms with Crippen molar-refractivity contribution >= 4 is 29.9 Å². The van der Waals surface area contributed by atoms with Gasteiger partial charge in [0.25, 0.3) is 0 Å². The van der Waals surface area contributed by atoms with Crippen LogP contribution in [0.5, 0.6) is 0 Å². The smallest absolute Gasteiger partial charge is 0.190 e. The van der Waals surface area contributed by atoms with Crippen LogP contribution in [0.1, 0.15) is 17.0 Å². The van der Waals surface area contributed by atoms with Gasteiger partial charge in [-0.1, -0.05) is 0 Å². The Balaban J connectivity index is 0.00000256. The van der Waals surface area contributed by atoms with Crippen LogP contribution in [0.4, 0.5) is 0 Å². The third kappa shape index (κ3) is 4.18. The second-order valence-electron chi connectivity index (χ2n) is 3.77. The van der Waals surface area contributed by atoms with Crippen LogP contribution in [0, 0.1) is 13.8 Å². The van der Waals surface area contributed by atoms with Crippen LogP contribution in [0.15, 0.2) is 4.99 Å². The van der Waals surface area contributed by atoms with Gasteiger partial charge in [0.15, 0.2) is 5.96 Å². The van der Waals surface area contributed by atoms with Gasteiger partial charge in [0.1, 0.15) is 0 Å². The fourth-order valence-corrected chi connectivity index (χ4v) is 1.76. The minimum atomic E-state index is 0. The van der Waals surface area contributed by atoms with Crippen LogP contribution in [0.2, 0.25) is 0 Å². The van der Waals surface area contributed by atoms with E-state index in [-0.39, 0.29) is 24.0 Å². The molecule has 2 N–H and O–H groups in total. The van der Waals surface area contributed by atoms with Crippen molar-refractivity contribution in [3.05, 3.63) is 17.0 Å². The topological polar surface area (TPSA) is 54.2 Å². The fraction of sp³-hybridized carbons (Fsp3) is 0.636. The summed E-state index contributed by atoms with van der Waals surface area (Å²) in [6.45, 7) is 5.01. The normalized spacial score (nSPS) is 11.0. The van der Waals surface area contributed by atoms with Crippen molar-refractivity contribution < 1.29 is 0 Å². The van der Waals surface area contributed by atoms with Crippen LogP contribution in [-0.4, -0.2) is 36.4 Å². The summed E-state index contributed by atoms with van der Waals surface area (Å²) in [5.74, 6) is 0.819. The van der Waals surface area contributed by atoms with E-state index in [1.807, 2.05) is 18.8 Å². The van der Waals surface area contributed by atoms with Crippen molar-refractivity contribution in [2.24, 2.45) is 12.0 Å². The molecule has 0 aromatic carbocycles. The van der Waals surface area contributed by atoms with E-state index < -0.39 is 0 Å². The SMILES string of the molecule is CN=C(NC)NCCc1c(C)nn(C)c1C.I. The number of aromatic nitrogens is 2. The Hall–Kier alpha value is -0.790. The van der Waals surface area contributed by atoms with Gasteiger partial charge < -0.3 is 10.6 Å². The van der Waals surface area contributed by atoms with E-state index in [1.54, 1.807) is 7.05 Å². The van der Waals surface area contributed by atoms with Crippen LogP contribution >= 0.6 is 24.0 Å². The number of rotatable bonds is 3. The molecule has 1 rings (SSSR count). The number of hydrogen-bond acceptors (Lipinski definition) is 2. The van der Waals surface area contributed by atoms with Crippen LogP contribution in [0.25, 0.3) is 0 Å². The second kappa shape index (κ2) is 7.52. The number of guanidine groups is 1. The molecule has 1 aromatic rings. The van der Waals surface area contributed by atoms with E-state index in [0.29, 0.717) is 0 Å². The molecule has 0 radical (unpaired) electrons. The summed E-state index contributed by atoms with van der Waals surface area (Å²) >= 11 is 0. The van der Waals surface area contributed by atoms with Gasteiger partial charge >= 0.3 is 0 Å². The van der Waals surface area contributed by atoms with E-state index in [9.17, 15) is 0 Å². The first-order valence-electron chi connectivity index (χ1n) is 5.47. The van der Waals surface area contributed by atoms with Crippen molar-refractivity contribution in [3.8, 4) is 0 Å². The fourth-order valence-electron chi connectivity index (χ4n) is 1.76. The monoisotopic (exact) mass is 351 g/mol. The summed E-state index contributed by atoms with van der Waals surface area (Å²) in [6.07, 6.45) is 0.964. The van der Waals surface area contributed by atoms with Crippen LogP contribution in [-0.2, 0) is 13.5 Å². The van der Waals surface area contributed by atoms with Crippen molar-refractivity contribution in [2.75, 3.05) is 20.6 Å². The first kappa shape index (κ1) is 16.2. The maximum atomic E-state index is 4.39. The molecule has 0 saturated heterocycles. The maximum Gasteiger partial charge on any atom is 0.190 e. The predicted octanol–water partition coefficient (Wildman–Crippen LogP) is 0.992. The highest BCUT2D eigenvalue weighted by molar-refractivity contribution is 14.0. The zero-order chi connectivity index (χ0) is 12.1. The molecule has 0 saturated carbocycles. The van der Waals surface area contributed by atoms with Gasteiger partial charge in [-0.25, -0.2) is 0 Å². The van der Waals surface area contributed by atoms with E-state index in [4.69, 9.17) is 0 Å². The minimum absolute atomic E-state index is 0. The Morgan fingerprint density at radius 3 is 2.47 bits per heavy atom. The summed E-state index contributed by atoms with van der Waals surface area (Å²) in [7, 11) is 5.60. The van der Waals surface area contributed by atoms with Gasteiger partial charge in [-0.2, -0.15) is 5.10 Å². The molecule has 0 aliphatic rings. The molecule has 0 atom stereocenters. The number of halogens is 1. The van der Waals surface area contributed by atoms with E-state index in [2.05, 4.69) is 34.6 Å². The highest BCUT2D eigenvalue weighted by Crippen LogP contribution is 2.11. The van der Waals surface area contributed by atoms with Gasteiger partial charge in [0.05, 0.1) is 5.69 Å². The highest BCUT2D eigenvalue weighted by atomic mass is 127. The zero-order valence-electron chi connectivity index (χ0n) is 11.2. The molecule has 17 heavy (non-hydrogen) atoms. The average Bonchev–Trinajstić information content (AvgIpc) is 2.50. The Morgan fingerprint density at radius 2 is 2.06 bits per heavy atom. The lowest BCUT2D eigenvalue weighted by molar-refractivity contribution is 0.729. The molecule has 0 unspecified atom stereocenters. The van der Waals surface area contributed by atoms with Crippen molar-refractivity contribution in [3.63, 3.8) is 0 Å². The van der Waals surface area contributed by atoms with Gasteiger partial charge in [0, 0.05) is 33.4 Å². The summed E-state index contributed by atoms with van der Waals surface area (Å²) in [5, 5.41) is 10.6. The molecule has 98 valence electrons. The number of nitrogens with one attached hydrogen (secondary N) is 2. The molecule has 0 aliphatic carbocycles. The van der Waals surface area contributed by atoms with E-state index in [1.165, 1.54) is 11.3 Å². The Labute approximate surface area is 120 Å². The summed E-state index contributed by atoms with van der Waals surface area (Å²) in [4.78, 5) is 4.06. The molecule has 6 heteroatoms. The number of aryl methyl sites for hydroxylation is 2. The third-order valence-corrected chi connectivity index (χ3v) is 2.79. The summed E-state index contributed by atoms with van der Waals surface area (Å²) in [6, 6.07) is 0. The zero-order valence-corrected chi connectivity index (χ0v) is 13.5. The van der Waals surface area contributed by atoms with Gasteiger partial charge in [-0.15, -0.1) is 24.0 Å². The van der Waals surface area contributed by atoms with Gasteiger partial charge in [-0.3, -0.25) is 9.67 Å². The van der Waals surface area contributed by atoms with Crippen molar-refractivity contribution in [2.45, 2.75) is 20.3 Å². The lowest BCUT2D eigenvalue weighted by Gasteiger charge is -2.08. The summed E-state index contributed by atoms with van der Waals surface area (Å²) < 4.78 is 1.93. The molecule has 0 fully saturated rings. The van der Waals surface area contributed by atoms with Crippen LogP contribution in [0.3, 0.4) is 0 Å². The number of hydrogen-bond donors (Lipinski definition) is 2. The minimum Gasteiger partial charge on any atom is -0.359 e. The molecule has 0 spiro atoms. The molecule has 1 aromatic heterocycles. The molecular weight excluding hydrogens is 329 g/mol. The van der Waals surface area contributed by atoms with Gasteiger partial charge in [0.2, 0.25) is 0 Å². The lowest BCUT2D eigenvalue weighted by atomic mass is 10.1. The highest BCUT2D eigenvalue weighted by Gasteiger charge is 2.08. The molecular formula is C11H22IN5. The Kier molecular flexibility index (Phi) is 7.17. The standard InChI is InChI=1S/C11H21N5.HI/c1-8-10(9(2)16(5)15-8)6-7-14-11(12-3)13-4;/h6-7H2,1-5H3,(H2,12,13,14);1H. The maximum absolute atomic E-state index is 4.39. The lowest BCUT2D eigenvalue weighted by Crippen LogP contribution is -2.35. The van der Waals surface area contributed by atoms with Crippen molar-refractivity contribution in [1.29, 1.82) is 0 Å². The largest absolute Gasteiger partial charge is 0.359 e. The average molecular weight is 351 g/mol. The number of nitrogens with zero attached hydrogens (tertiary/aromatic N) is 3. The van der Waals surface area contributed by atoms with E-state index >= 15 is 0 Å². The van der Waals surface area contributed by atoms with Gasteiger partial charge in [-0.05, 0) is 25.8 Å². The van der Waals surface area contributed by atoms with Crippen molar-refractivity contribution in [1.82, 2.24) is 20.4 Å². The predicted molar refractivity (Wildman–Crippen MR) is 82.2 cm³/mol. The molecule has 0 amide bonds. The molecule has 1 heterocycles. The number of aliphatic imine (C=N–C) groups is 1. The Bertz CT molecular complexity index is 383. The summed E-state index contributed by atoms with van der Waals surface area (Å²) in [5.41, 5.74) is 3.67. The molecule has 0 bridgehead atoms. The molecule has 5 nitrogen and oxygen atoms in total. The molecule has 0 aliphatic heterocycles. The van der Waals surface area contributed by atoms with E-state index in [0.717, 1.165) is 24.6 Å². The quantitative estimate of drug-likeness (QED) is 0.485. The third-order valence-electron chi connectivity index (χ3n) is 2.79. The Morgan fingerprint density at radius 1 is 1.41 bits per heavy atom. The first-order valence-corrected chi connectivity index (χ1v) is 5.47. The van der Waals surface area contributed by atoms with Crippen LogP contribution < -0.4 is 10.6 Å². The second-order valence-corrected chi connectivity index (χ2v) is 3.77. The first-order chi connectivity index (χ1) is 7.60.